The minimum absolute atomic E-state index is 0.0109. The van der Waals surface area contributed by atoms with Crippen molar-refractivity contribution >= 4 is 11.9 Å². The van der Waals surface area contributed by atoms with Crippen LogP contribution in [0.5, 0.6) is 0 Å². The Labute approximate surface area is 177 Å². The number of benzene rings is 2. The number of carbonyl (C=O) groups excluding carboxylic acids is 1. The number of aromatic carboxylic acids is 1. The number of hydrogen-bond acceptors (Lipinski definition) is 3. The summed E-state index contributed by atoms with van der Waals surface area (Å²) >= 11 is 0. The number of hydrogen-bond donors (Lipinski definition) is 2. The molecule has 0 unspecified atom stereocenters. The van der Waals surface area contributed by atoms with Gasteiger partial charge in [-0.25, -0.2) is 4.79 Å². The molecule has 1 aliphatic heterocycles. The van der Waals surface area contributed by atoms with E-state index < -0.39 is 12.1 Å². The monoisotopic (exact) mass is 407 g/mol. The second-order valence-corrected chi connectivity index (χ2v) is 8.03. The van der Waals surface area contributed by atoms with Crippen molar-refractivity contribution in [2.75, 3.05) is 6.54 Å². The second kappa shape index (κ2) is 9.72. The van der Waals surface area contributed by atoms with Gasteiger partial charge in [0.15, 0.2) is 0 Å². The molecule has 2 aromatic rings. The van der Waals surface area contributed by atoms with E-state index in [9.17, 15) is 14.7 Å². The minimum Gasteiger partial charge on any atom is -0.478 e. The highest BCUT2D eigenvalue weighted by Crippen LogP contribution is 2.22. The maximum absolute atomic E-state index is 12.4. The van der Waals surface area contributed by atoms with Crippen LogP contribution in [0.3, 0.4) is 0 Å². The van der Waals surface area contributed by atoms with Gasteiger partial charge in [0.25, 0.3) is 0 Å². The third-order valence-electron chi connectivity index (χ3n) is 5.67. The Morgan fingerprint density at radius 3 is 2.73 bits per heavy atom. The number of aliphatic hydroxyl groups is 1. The van der Waals surface area contributed by atoms with Crippen molar-refractivity contribution in [2.24, 2.45) is 0 Å². The molecule has 1 saturated heterocycles. The van der Waals surface area contributed by atoms with Crippen molar-refractivity contribution < 1.29 is 19.8 Å². The van der Waals surface area contributed by atoms with E-state index in [1.54, 1.807) is 18.2 Å². The fourth-order valence-corrected chi connectivity index (χ4v) is 4.00. The summed E-state index contributed by atoms with van der Waals surface area (Å²) in [6.45, 7) is 4.51. The number of carboxylic acids is 1. The van der Waals surface area contributed by atoms with Crippen LogP contribution in [0.4, 0.5) is 0 Å². The molecule has 30 heavy (non-hydrogen) atoms. The van der Waals surface area contributed by atoms with Gasteiger partial charge in [0.05, 0.1) is 17.7 Å². The van der Waals surface area contributed by atoms with E-state index in [4.69, 9.17) is 5.11 Å². The van der Waals surface area contributed by atoms with E-state index in [0.29, 0.717) is 25.8 Å². The van der Waals surface area contributed by atoms with Crippen LogP contribution in [-0.2, 0) is 17.6 Å². The number of aliphatic hydroxyl groups excluding tert-OH is 1. The van der Waals surface area contributed by atoms with Crippen molar-refractivity contribution in [3.05, 3.63) is 82.4 Å². The zero-order valence-electron chi connectivity index (χ0n) is 17.5. The molecule has 1 fully saturated rings. The Morgan fingerprint density at radius 2 is 2.03 bits per heavy atom. The summed E-state index contributed by atoms with van der Waals surface area (Å²) in [6.07, 6.45) is 5.65. The van der Waals surface area contributed by atoms with Crippen LogP contribution in [-0.4, -0.2) is 45.7 Å². The molecule has 1 aliphatic rings. The van der Waals surface area contributed by atoms with Crippen molar-refractivity contribution in [3.8, 4) is 0 Å². The zero-order valence-corrected chi connectivity index (χ0v) is 17.5. The maximum atomic E-state index is 12.4. The average Bonchev–Trinajstić information content (AvgIpc) is 3.05. The molecule has 0 spiro atoms. The van der Waals surface area contributed by atoms with Crippen LogP contribution in [0.1, 0.15) is 45.5 Å². The molecule has 1 amide bonds. The molecular formula is C25H29NO4. The topological polar surface area (TPSA) is 77.8 Å². The lowest BCUT2D eigenvalue weighted by Crippen LogP contribution is -2.34. The molecule has 0 saturated carbocycles. The summed E-state index contributed by atoms with van der Waals surface area (Å²) in [5.41, 5.74) is 4.50. The molecule has 5 nitrogen and oxygen atoms in total. The van der Waals surface area contributed by atoms with E-state index in [1.165, 1.54) is 5.56 Å². The van der Waals surface area contributed by atoms with E-state index in [0.717, 1.165) is 23.1 Å². The maximum Gasteiger partial charge on any atom is 0.335 e. The number of amides is 1. The Kier molecular flexibility index (Phi) is 7.06. The molecule has 5 heteroatoms. The lowest BCUT2D eigenvalue weighted by molar-refractivity contribution is -0.128. The first kappa shape index (κ1) is 21.8. The molecule has 2 N–H and O–H groups in total. The summed E-state index contributed by atoms with van der Waals surface area (Å²) < 4.78 is 0. The van der Waals surface area contributed by atoms with Crippen molar-refractivity contribution in [2.45, 2.75) is 51.7 Å². The summed E-state index contributed by atoms with van der Waals surface area (Å²) in [6, 6.07) is 13.2. The highest BCUT2D eigenvalue weighted by atomic mass is 16.4. The second-order valence-electron chi connectivity index (χ2n) is 8.03. The fourth-order valence-electron chi connectivity index (χ4n) is 4.00. The van der Waals surface area contributed by atoms with Crippen molar-refractivity contribution in [3.63, 3.8) is 0 Å². The third-order valence-corrected chi connectivity index (χ3v) is 5.67. The average molecular weight is 408 g/mol. The number of carbonyl (C=O) groups is 2. The summed E-state index contributed by atoms with van der Waals surface area (Å²) in [5.74, 6) is -0.813. The molecule has 2 aromatic carbocycles. The molecule has 0 bridgehead atoms. The van der Waals surface area contributed by atoms with E-state index in [-0.39, 0.29) is 17.5 Å². The van der Waals surface area contributed by atoms with Gasteiger partial charge in [-0.15, -0.1) is 0 Å². The lowest BCUT2D eigenvalue weighted by atomic mass is 10.0. The van der Waals surface area contributed by atoms with E-state index in [1.807, 2.05) is 49.1 Å². The van der Waals surface area contributed by atoms with Gasteiger partial charge in [0, 0.05) is 19.4 Å². The van der Waals surface area contributed by atoms with Crippen LogP contribution in [0, 0.1) is 13.8 Å². The normalized spacial score (nSPS) is 17.6. The first-order valence-electron chi connectivity index (χ1n) is 10.4. The van der Waals surface area contributed by atoms with E-state index in [2.05, 4.69) is 6.07 Å². The van der Waals surface area contributed by atoms with Gasteiger partial charge < -0.3 is 15.1 Å². The number of likely N-dealkylation sites (tertiary alicyclic amines) is 1. The minimum atomic E-state index is -0.936. The Bertz CT molecular complexity index is 950. The lowest BCUT2D eigenvalue weighted by Gasteiger charge is -2.23. The standard InChI is InChI=1S/C25H29NO4/c1-17-4-3-5-19(14-17)16-23(27)10-8-22-9-11-24(28)26(22)13-12-20-6-7-21(25(29)30)15-18(20)2/h3-8,10,14-15,22-23,27H,9,11-13,16H2,1-2H3,(H,29,30)/t22-,23+/m0/s1. The van der Waals surface area contributed by atoms with Crippen LogP contribution >= 0.6 is 0 Å². The number of aryl methyl sites for hydroxylation is 2. The van der Waals surface area contributed by atoms with Crippen LogP contribution in [0.15, 0.2) is 54.6 Å². The quantitative estimate of drug-likeness (QED) is 0.654. The Morgan fingerprint density at radius 1 is 1.23 bits per heavy atom. The number of nitrogens with zero attached hydrogens (tertiary/aromatic N) is 1. The summed E-state index contributed by atoms with van der Waals surface area (Å²) in [7, 11) is 0. The van der Waals surface area contributed by atoms with Gasteiger partial charge in [-0.2, -0.15) is 0 Å². The largest absolute Gasteiger partial charge is 0.478 e. The van der Waals surface area contributed by atoms with Crippen LogP contribution in [0.25, 0.3) is 0 Å². The van der Waals surface area contributed by atoms with Crippen molar-refractivity contribution in [1.82, 2.24) is 4.90 Å². The molecule has 0 aromatic heterocycles. The summed E-state index contributed by atoms with van der Waals surface area (Å²) in [5, 5.41) is 19.5. The third kappa shape index (κ3) is 5.57. The molecule has 158 valence electrons. The predicted molar refractivity (Wildman–Crippen MR) is 117 cm³/mol. The van der Waals surface area contributed by atoms with Gasteiger partial charge in [-0.05, 0) is 55.5 Å². The summed E-state index contributed by atoms with van der Waals surface area (Å²) in [4.78, 5) is 25.3. The molecule has 3 rings (SSSR count). The van der Waals surface area contributed by atoms with Gasteiger partial charge >= 0.3 is 5.97 Å². The smallest absolute Gasteiger partial charge is 0.335 e. The molecule has 0 aliphatic carbocycles. The van der Waals surface area contributed by atoms with Crippen LogP contribution < -0.4 is 0 Å². The zero-order chi connectivity index (χ0) is 21.7. The fraction of sp³-hybridized carbons (Fsp3) is 0.360. The molecule has 1 heterocycles. The number of carboxylic acid groups (broad SMARTS) is 1. The molecule has 0 radical (unpaired) electrons. The Hall–Kier alpha value is -2.92. The predicted octanol–water partition coefficient (Wildman–Crippen LogP) is 3.69. The highest BCUT2D eigenvalue weighted by molar-refractivity contribution is 5.87. The van der Waals surface area contributed by atoms with Crippen LogP contribution in [0.2, 0.25) is 0 Å². The van der Waals surface area contributed by atoms with Gasteiger partial charge in [0.2, 0.25) is 5.91 Å². The first-order chi connectivity index (χ1) is 14.3. The number of rotatable bonds is 8. The van der Waals surface area contributed by atoms with Gasteiger partial charge in [-0.3, -0.25) is 4.79 Å². The van der Waals surface area contributed by atoms with Crippen molar-refractivity contribution in [1.29, 1.82) is 0 Å². The molecular weight excluding hydrogens is 378 g/mol. The molecule has 2 atom stereocenters. The Balaban J connectivity index is 1.60. The van der Waals surface area contributed by atoms with Gasteiger partial charge in [0.1, 0.15) is 0 Å². The van der Waals surface area contributed by atoms with E-state index >= 15 is 0 Å². The van der Waals surface area contributed by atoms with Gasteiger partial charge in [-0.1, -0.05) is 48.0 Å². The SMILES string of the molecule is Cc1cccc(C[C@H](O)C=C[C@H]2CCC(=O)N2CCc2ccc(C(=O)O)cc2C)c1. The highest BCUT2D eigenvalue weighted by Gasteiger charge is 2.28. The first-order valence-corrected chi connectivity index (χ1v) is 10.4.